The Morgan fingerprint density at radius 3 is 2.71 bits per heavy atom. The molecule has 21 heavy (non-hydrogen) atoms. The number of alkyl halides is 2. The number of para-hydroxylation sites is 1. The molecular formula is C14H17F2N3OS. The number of aromatic nitrogens is 2. The molecule has 4 nitrogen and oxygen atoms in total. The van der Waals surface area contributed by atoms with Crippen LogP contribution in [0, 0.1) is 0 Å². The predicted molar refractivity (Wildman–Crippen MR) is 82.0 cm³/mol. The van der Waals surface area contributed by atoms with E-state index in [1.54, 1.807) is 31.2 Å². The summed E-state index contributed by atoms with van der Waals surface area (Å²) < 4.78 is 25.7. The first-order valence-electron chi connectivity index (χ1n) is 6.43. The Kier molecular flexibility index (Phi) is 4.95. The van der Waals surface area contributed by atoms with E-state index in [2.05, 4.69) is 15.3 Å². The van der Waals surface area contributed by atoms with Crippen molar-refractivity contribution in [2.24, 2.45) is 0 Å². The summed E-state index contributed by atoms with van der Waals surface area (Å²) in [6, 6.07) is 6.95. The van der Waals surface area contributed by atoms with E-state index in [9.17, 15) is 13.9 Å². The van der Waals surface area contributed by atoms with E-state index in [-0.39, 0.29) is 6.54 Å². The largest absolute Gasteiger partial charge is 0.387 e. The van der Waals surface area contributed by atoms with Gasteiger partial charge in [0.1, 0.15) is 5.82 Å². The minimum Gasteiger partial charge on any atom is -0.387 e. The Morgan fingerprint density at radius 2 is 2.05 bits per heavy atom. The minimum absolute atomic E-state index is 0.220. The third-order valence-electron chi connectivity index (χ3n) is 2.91. The molecule has 0 bridgehead atoms. The first-order valence-corrected chi connectivity index (χ1v) is 7.82. The normalized spacial score (nSPS) is 14.4. The topological polar surface area (TPSA) is 58.0 Å². The van der Waals surface area contributed by atoms with Crippen molar-refractivity contribution in [1.29, 1.82) is 0 Å². The van der Waals surface area contributed by atoms with E-state index in [1.165, 1.54) is 11.8 Å². The Hall–Kier alpha value is -1.47. The zero-order valence-corrected chi connectivity index (χ0v) is 12.6. The van der Waals surface area contributed by atoms with Gasteiger partial charge in [-0.2, -0.15) is 11.8 Å². The monoisotopic (exact) mass is 313 g/mol. The van der Waals surface area contributed by atoms with Gasteiger partial charge < -0.3 is 10.4 Å². The molecule has 7 heteroatoms. The second-order valence-electron chi connectivity index (χ2n) is 5.03. The average Bonchev–Trinajstić information content (AvgIpc) is 2.44. The smallest absolute Gasteiger partial charge is 0.297 e. The van der Waals surface area contributed by atoms with E-state index in [0.29, 0.717) is 22.5 Å². The van der Waals surface area contributed by atoms with Gasteiger partial charge in [-0.1, -0.05) is 12.1 Å². The van der Waals surface area contributed by atoms with Gasteiger partial charge in [0.2, 0.25) is 0 Å². The second kappa shape index (κ2) is 6.53. The van der Waals surface area contributed by atoms with Gasteiger partial charge in [-0.25, -0.2) is 18.7 Å². The summed E-state index contributed by atoms with van der Waals surface area (Å²) in [6.45, 7) is 1.91. The molecule has 2 aromatic rings. The van der Waals surface area contributed by atoms with Crippen LogP contribution < -0.4 is 5.32 Å². The number of hydrogen-bond donors (Lipinski definition) is 2. The molecule has 0 amide bonds. The van der Waals surface area contributed by atoms with Gasteiger partial charge in [0.15, 0.2) is 5.82 Å². The summed E-state index contributed by atoms with van der Waals surface area (Å²) in [5.74, 6) is 0.336. The molecule has 0 radical (unpaired) electrons. The fourth-order valence-corrected chi connectivity index (χ4v) is 2.69. The summed E-state index contributed by atoms with van der Waals surface area (Å²) in [5.41, 5.74) is -0.494. The average molecular weight is 313 g/mol. The fraction of sp³-hybridized carbons (Fsp3) is 0.429. The Labute approximate surface area is 126 Å². The SMILES string of the molecule is CSCC(C)(O)CNc1nc(C(F)F)nc2ccccc12. The predicted octanol–water partition coefficient (Wildman–Crippen LogP) is 3.09. The summed E-state index contributed by atoms with van der Waals surface area (Å²) in [5, 5.41) is 13.8. The van der Waals surface area contributed by atoms with Crippen molar-refractivity contribution in [3.8, 4) is 0 Å². The quantitative estimate of drug-likeness (QED) is 0.858. The molecule has 114 valence electrons. The van der Waals surface area contributed by atoms with Gasteiger partial charge in [-0.05, 0) is 25.3 Å². The van der Waals surface area contributed by atoms with Crippen molar-refractivity contribution >= 4 is 28.5 Å². The fourth-order valence-electron chi connectivity index (χ4n) is 1.96. The summed E-state index contributed by atoms with van der Waals surface area (Å²) >= 11 is 1.51. The van der Waals surface area contributed by atoms with Gasteiger partial charge >= 0.3 is 0 Å². The van der Waals surface area contributed by atoms with Crippen molar-refractivity contribution in [3.63, 3.8) is 0 Å². The summed E-state index contributed by atoms with van der Waals surface area (Å²) in [7, 11) is 0. The van der Waals surface area contributed by atoms with Crippen LogP contribution in [0.5, 0.6) is 0 Å². The molecule has 1 unspecified atom stereocenters. The molecule has 0 aliphatic heterocycles. The molecule has 0 aliphatic rings. The standard InChI is InChI=1S/C14H17F2N3OS/c1-14(20,8-21-2)7-17-12-9-5-3-4-6-10(9)18-13(19-12)11(15)16/h3-6,11,20H,7-8H2,1-2H3,(H,17,18,19). The maximum absolute atomic E-state index is 12.9. The van der Waals surface area contributed by atoms with E-state index in [0.717, 1.165) is 0 Å². The van der Waals surface area contributed by atoms with Crippen LogP contribution in [0.4, 0.5) is 14.6 Å². The first-order chi connectivity index (χ1) is 9.93. The Morgan fingerprint density at radius 1 is 1.33 bits per heavy atom. The number of aliphatic hydroxyl groups is 1. The molecule has 0 saturated heterocycles. The highest BCUT2D eigenvalue weighted by Crippen LogP contribution is 2.25. The van der Waals surface area contributed by atoms with Gasteiger partial charge in [-0.15, -0.1) is 0 Å². The van der Waals surface area contributed by atoms with Crippen molar-refractivity contribution in [3.05, 3.63) is 30.1 Å². The maximum Gasteiger partial charge on any atom is 0.297 e. The number of rotatable bonds is 6. The van der Waals surface area contributed by atoms with Crippen LogP contribution in [0.2, 0.25) is 0 Å². The number of anilines is 1. The van der Waals surface area contributed by atoms with E-state index >= 15 is 0 Å². The molecule has 1 atom stereocenters. The number of nitrogens with zero attached hydrogens (tertiary/aromatic N) is 2. The zero-order chi connectivity index (χ0) is 15.5. The van der Waals surface area contributed by atoms with Crippen LogP contribution in [0.15, 0.2) is 24.3 Å². The lowest BCUT2D eigenvalue weighted by atomic mass is 10.1. The molecule has 0 spiro atoms. The molecule has 0 aliphatic carbocycles. The third-order valence-corrected chi connectivity index (χ3v) is 3.82. The van der Waals surface area contributed by atoms with Crippen LogP contribution in [0.3, 0.4) is 0 Å². The zero-order valence-electron chi connectivity index (χ0n) is 11.8. The van der Waals surface area contributed by atoms with Crippen LogP contribution in [-0.2, 0) is 0 Å². The van der Waals surface area contributed by atoms with Crippen LogP contribution in [0.25, 0.3) is 10.9 Å². The second-order valence-corrected chi connectivity index (χ2v) is 5.90. The molecule has 1 heterocycles. The number of halogens is 2. The lowest BCUT2D eigenvalue weighted by Crippen LogP contribution is -2.36. The number of benzene rings is 1. The Balaban J connectivity index is 2.33. The molecule has 0 fully saturated rings. The van der Waals surface area contributed by atoms with Crippen LogP contribution in [-0.4, -0.2) is 39.2 Å². The highest BCUT2D eigenvalue weighted by atomic mass is 32.2. The molecule has 2 N–H and O–H groups in total. The van der Waals surface area contributed by atoms with Crippen LogP contribution >= 0.6 is 11.8 Å². The third kappa shape index (κ3) is 4.01. The van der Waals surface area contributed by atoms with Crippen molar-refractivity contribution < 1.29 is 13.9 Å². The van der Waals surface area contributed by atoms with E-state index in [4.69, 9.17) is 0 Å². The van der Waals surface area contributed by atoms with Gasteiger partial charge in [-0.3, -0.25) is 0 Å². The first kappa shape index (κ1) is 15.9. The van der Waals surface area contributed by atoms with Gasteiger partial charge in [0.25, 0.3) is 6.43 Å². The lowest BCUT2D eigenvalue weighted by Gasteiger charge is -2.23. The highest BCUT2D eigenvalue weighted by Gasteiger charge is 2.21. The number of fused-ring (bicyclic) bond motifs is 1. The Bertz CT molecular complexity index is 622. The van der Waals surface area contributed by atoms with Gasteiger partial charge in [0.05, 0.1) is 11.1 Å². The molecule has 0 saturated carbocycles. The summed E-state index contributed by atoms with van der Waals surface area (Å²) in [6.07, 6.45) is -0.842. The van der Waals surface area contributed by atoms with Crippen LogP contribution in [0.1, 0.15) is 19.2 Å². The minimum atomic E-state index is -2.73. The van der Waals surface area contributed by atoms with Gasteiger partial charge in [0, 0.05) is 17.7 Å². The number of thioether (sulfide) groups is 1. The van der Waals surface area contributed by atoms with Crippen molar-refractivity contribution in [2.75, 3.05) is 23.9 Å². The number of hydrogen-bond acceptors (Lipinski definition) is 5. The van der Waals surface area contributed by atoms with E-state index < -0.39 is 17.9 Å². The lowest BCUT2D eigenvalue weighted by molar-refractivity contribution is 0.0996. The molecular weight excluding hydrogens is 296 g/mol. The molecule has 1 aromatic carbocycles. The molecule has 1 aromatic heterocycles. The number of nitrogens with one attached hydrogen (secondary N) is 1. The van der Waals surface area contributed by atoms with Crippen molar-refractivity contribution in [1.82, 2.24) is 9.97 Å². The highest BCUT2D eigenvalue weighted by molar-refractivity contribution is 7.98. The van der Waals surface area contributed by atoms with E-state index in [1.807, 2.05) is 6.26 Å². The maximum atomic E-state index is 12.9. The summed E-state index contributed by atoms with van der Waals surface area (Å²) in [4.78, 5) is 7.72. The van der Waals surface area contributed by atoms with Crippen molar-refractivity contribution in [2.45, 2.75) is 19.0 Å². The molecule has 2 rings (SSSR count).